The van der Waals surface area contributed by atoms with Gasteiger partial charge in [-0.3, -0.25) is 4.79 Å². The minimum absolute atomic E-state index is 0.0657. The minimum Gasteiger partial charge on any atom is -0.456 e. The lowest BCUT2D eigenvalue weighted by Gasteiger charge is -2.23. The molecule has 1 aliphatic rings. The van der Waals surface area contributed by atoms with Crippen molar-refractivity contribution < 1.29 is 14.3 Å². The molecule has 4 nitrogen and oxygen atoms in total. The van der Waals surface area contributed by atoms with Crippen LogP contribution in [0.15, 0.2) is 24.3 Å². The number of para-hydroxylation sites is 1. The van der Waals surface area contributed by atoms with Gasteiger partial charge in [0.25, 0.3) is 0 Å². The quantitative estimate of drug-likeness (QED) is 0.769. The van der Waals surface area contributed by atoms with E-state index in [1.165, 1.54) is 0 Å². The molecule has 1 amide bonds. The summed E-state index contributed by atoms with van der Waals surface area (Å²) in [6.45, 7) is 6.15. The number of benzene rings is 1. The summed E-state index contributed by atoms with van der Waals surface area (Å²) in [6.07, 6.45) is 1.38. The zero-order valence-electron chi connectivity index (χ0n) is 11.6. The first-order valence-electron chi connectivity index (χ1n) is 6.51. The number of hydrogen-bond acceptors (Lipinski definition) is 3. The third-order valence-electron chi connectivity index (χ3n) is 2.89. The van der Waals surface area contributed by atoms with Crippen molar-refractivity contribution in [3.63, 3.8) is 0 Å². The average molecular weight is 261 g/mol. The third kappa shape index (κ3) is 3.13. The highest BCUT2D eigenvalue weighted by molar-refractivity contribution is 6.03. The van der Waals surface area contributed by atoms with Crippen molar-refractivity contribution in [3.05, 3.63) is 29.8 Å². The maximum Gasteiger partial charge on any atom is 0.340 e. The summed E-state index contributed by atoms with van der Waals surface area (Å²) in [4.78, 5) is 25.7. The number of amides is 1. The van der Waals surface area contributed by atoms with Gasteiger partial charge in [-0.05, 0) is 39.3 Å². The molecule has 0 aliphatic carbocycles. The number of carbonyl (C=O) groups is 2. The van der Waals surface area contributed by atoms with Crippen LogP contribution < -0.4 is 4.90 Å². The van der Waals surface area contributed by atoms with Crippen molar-refractivity contribution in [3.8, 4) is 0 Å². The van der Waals surface area contributed by atoms with Gasteiger partial charge in [0.05, 0.1) is 11.3 Å². The number of anilines is 1. The molecular formula is C15H19NO3. The van der Waals surface area contributed by atoms with Gasteiger partial charge in [0, 0.05) is 13.0 Å². The number of nitrogens with zero attached hydrogens (tertiary/aromatic N) is 1. The second kappa shape index (κ2) is 5.03. The molecule has 0 saturated carbocycles. The van der Waals surface area contributed by atoms with Gasteiger partial charge in [-0.1, -0.05) is 12.1 Å². The first-order chi connectivity index (χ1) is 8.88. The first kappa shape index (κ1) is 13.6. The van der Waals surface area contributed by atoms with Crippen molar-refractivity contribution in [1.82, 2.24) is 0 Å². The molecule has 1 fully saturated rings. The van der Waals surface area contributed by atoms with E-state index in [4.69, 9.17) is 4.74 Å². The summed E-state index contributed by atoms with van der Waals surface area (Å²) < 4.78 is 5.38. The van der Waals surface area contributed by atoms with Crippen LogP contribution in [-0.4, -0.2) is 24.0 Å². The maximum atomic E-state index is 12.2. The summed E-state index contributed by atoms with van der Waals surface area (Å²) in [5.41, 5.74) is 0.561. The molecule has 102 valence electrons. The molecule has 0 atom stereocenters. The Morgan fingerprint density at radius 3 is 2.53 bits per heavy atom. The van der Waals surface area contributed by atoms with Crippen molar-refractivity contribution in [2.75, 3.05) is 11.4 Å². The van der Waals surface area contributed by atoms with Crippen molar-refractivity contribution in [1.29, 1.82) is 0 Å². The van der Waals surface area contributed by atoms with Gasteiger partial charge < -0.3 is 9.64 Å². The van der Waals surface area contributed by atoms with Gasteiger partial charge in [0.2, 0.25) is 5.91 Å². The molecule has 1 saturated heterocycles. The maximum absolute atomic E-state index is 12.2. The number of esters is 1. The van der Waals surface area contributed by atoms with Crippen LogP contribution in [0.2, 0.25) is 0 Å². The molecule has 19 heavy (non-hydrogen) atoms. The molecule has 1 aliphatic heterocycles. The van der Waals surface area contributed by atoms with Crippen molar-refractivity contribution >= 4 is 17.6 Å². The van der Waals surface area contributed by atoms with E-state index in [1.54, 1.807) is 23.1 Å². The van der Waals surface area contributed by atoms with Crippen LogP contribution in [-0.2, 0) is 9.53 Å². The van der Waals surface area contributed by atoms with Crippen LogP contribution in [0.3, 0.4) is 0 Å². The van der Waals surface area contributed by atoms with Crippen LogP contribution in [0.4, 0.5) is 5.69 Å². The summed E-state index contributed by atoms with van der Waals surface area (Å²) >= 11 is 0. The fourth-order valence-electron chi connectivity index (χ4n) is 2.12. The Kier molecular flexibility index (Phi) is 3.60. The summed E-state index contributed by atoms with van der Waals surface area (Å²) in [5.74, 6) is -0.321. The fraction of sp³-hybridized carbons (Fsp3) is 0.467. The lowest BCUT2D eigenvalue weighted by Crippen LogP contribution is -2.28. The lowest BCUT2D eigenvalue weighted by atomic mass is 10.1. The van der Waals surface area contributed by atoms with Crippen molar-refractivity contribution in [2.45, 2.75) is 39.2 Å². The third-order valence-corrected chi connectivity index (χ3v) is 2.89. The Hall–Kier alpha value is -1.84. The monoisotopic (exact) mass is 261 g/mol. The zero-order valence-corrected chi connectivity index (χ0v) is 11.6. The van der Waals surface area contributed by atoms with E-state index in [0.29, 0.717) is 24.2 Å². The van der Waals surface area contributed by atoms with E-state index in [2.05, 4.69) is 0 Å². The largest absolute Gasteiger partial charge is 0.456 e. The van der Waals surface area contributed by atoms with Gasteiger partial charge in [-0.25, -0.2) is 4.79 Å². The predicted octanol–water partition coefficient (Wildman–Crippen LogP) is 2.77. The van der Waals surface area contributed by atoms with Crippen LogP contribution in [0, 0.1) is 0 Å². The van der Waals surface area contributed by atoms with Crippen LogP contribution >= 0.6 is 0 Å². The highest BCUT2D eigenvalue weighted by atomic mass is 16.6. The second-order valence-corrected chi connectivity index (χ2v) is 5.67. The van der Waals surface area contributed by atoms with Crippen LogP contribution in [0.5, 0.6) is 0 Å². The molecule has 0 radical (unpaired) electrons. The second-order valence-electron chi connectivity index (χ2n) is 5.67. The summed E-state index contributed by atoms with van der Waals surface area (Å²) in [5, 5.41) is 0. The SMILES string of the molecule is CC(C)(C)OC(=O)c1ccccc1N1CCCC1=O. The Morgan fingerprint density at radius 1 is 1.26 bits per heavy atom. The van der Waals surface area contributed by atoms with Crippen LogP contribution in [0.25, 0.3) is 0 Å². The molecule has 0 unspecified atom stereocenters. The van der Waals surface area contributed by atoms with Gasteiger partial charge >= 0.3 is 5.97 Å². The van der Waals surface area contributed by atoms with E-state index in [0.717, 1.165) is 6.42 Å². The molecule has 0 aromatic heterocycles. The van der Waals surface area contributed by atoms with Gasteiger partial charge in [0.1, 0.15) is 5.60 Å². The van der Waals surface area contributed by atoms with Crippen molar-refractivity contribution in [2.24, 2.45) is 0 Å². The molecule has 4 heteroatoms. The van der Waals surface area contributed by atoms with Gasteiger partial charge in [-0.2, -0.15) is 0 Å². The van der Waals surface area contributed by atoms with E-state index in [1.807, 2.05) is 26.8 Å². The van der Waals surface area contributed by atoms with E-state index < -0.39 is 5.60 Å². The topological polar surface area (TPSA) is 46.6 Å². The molecule has 1 aromatic rings. The van der Waals surface area contributed by atoms with Gasteiger partial charge in [-0.15, -0.1) is 0 Å². The smallest absolute Gasteiger partial charge is 0.340 e. The predicted molar refractivity (Wildman–Crippen MR) is 73.2 cm³/mol. The summed E-state index contributed by atoms with van der Waals surface area (Å²) in [6, 6.07) is 7.11. The summed E-state index contributed by atoms with van der Waals surface area (Å²) in [7, 11) is 0. The lowest BCUT2D eigenvalue weighted by molar-refractivity contribution is -0.117. The molecule has 0 spiro atoms. The minimum atomic E-state index is -0.542. The Balaban J connectivity index is 2.31. The number of hydrogen-bond donors (Lipinski definition) is 0. The number of carbonyl (C=O) groups excluding carboxylic acids is 2. The van der Waals surface area contributed by atoms with Crippen LogP contribution in [0.1, 0.15) is 44.0 Å². The molecule has 2 rings (SSSR count). The standard InChI is InChI=1S/C15H19NO3/c1-15(2,3)19-14(18)11-7-4-5-8-12(11)16-10-6-9-13(16)17/h4-5,7-8H,6,9-10H2,1-3H3. The normalized spacial score (nSPS) is 15.7. The van der Waals surface area contributed by atoms with E-state index in [9.17, 15) is 9.59 Å². The van der Waals surface area contributed by atoms with Gasteiger partial charge in [0.15, 0.2) is 0 Å². The molecular weight excluding hydrogens is 242 g/mol. The molecule has 0 bridgehead atoms. The molecule has 0 N–H and O–H groups in total. The average Bonchev–Trinajstić information content (AvgIpc) is 2.73. The number of ether oxygens (including phenoxy) is 1. The zero-order chi connectivity index (χ0) is 14.0. The Bertz CT molecular complexity index is 502. The fourth-order valence-corrected chi connectivity index (χ4v) is 2.12. The van der Waals surface area contributed by atoms with E-state index in [-0.39, 0.29) is 11.9 Å². The molecule has 1 heterocycles. The number of rotatable bonds is 2. The highest BCUT2D eigenvalue weighted by Gasteiger charge is 2.27. The van der Waals surface area contributed by atoms with E-state index >= 15 is 0 Å². The Labute approximate surface area is 113 Å². The first-order valence-corrected chi connectivity index (χ1v) is 6.51. The highest BCUT2D eigenvalue weighted by Crippen LogP contribution is 2.27. The Morgan fingerprint density at radius 2 is 1.95 bits per heavy atom. The molecule has 1 aromatic carbocycles.